The van der Waals surface area contributed by atoms with Gasteiger partial charge in [-0.25, -0.2) is 0 Å². The van der Waals surface area contributed by atoms with E-state index in [1.807, 2.05) is 24.3 Å². The van der Waals surface area contributed by atoms with Gasteiger partial charge < -0.3 is 4.90 Å². The molecule has 100 valence electrons. The van der Waals surface area contributed by atoms with Gasteiger partial charge in [-0.05, 0) is 30.3 Å². The van der Waals surface area contributed by atoms with Crippen LogP contribution in [0.2, 0.25) is 4.34 Å². The number of nitrogens with zero attached hydrogens (tertiary/aromatic N) is 1. The van der Waals surface area contributed by atoms with Crippen molar-refractivity contribution in [2.45, 2.75) is 11.4 Å². The Balaban J connectivity index is 2.14. The fourth-order valence-electron chi connectivity index (χ4n) is 1.63. The maximum atomic E-state index is 12.3. The number of halogens is 2. The van der Waals surface area contributed by atoms with Crippen molar-refractivity contribution in [2.75, 3.05) is 7.05 Å². The number of benzene rings is 1. The van der Waals surface area contributed by atoms with Gasteiger partial charge in [0.1, 0.15) is 0 Å². The standard InChI is InChI=1S/C13H11BrClNOS2/c1-16(7-9-3-5-12(15)19-9)13(17)10-4-2-8(14)6-11(10)18/h2-6,18H,7H2,1H3. The minimum absolute atomic E-state index is 0.0537. The number of rotatable bonds is 3. The molecule has 0 N–H and O–H groups in total. The van der Waals surface area contributed by atoms with E-state index in [0.29, 0.717) is 17.0 Å². The van der Waals surface area contributed by atoms with Crippen LogP contribution < -0.4 is 0 Å². The second-order valence-corrected chi connectivity index (χ2v) is 7.23. The molecule has 19 heavy (non-hydrogen) atoms. The lowest BCUT2D eigenvalue weighted by Gasteiger charge is -2.17. The molecule has 6 heteroatoms. The molecule has 2 nitrogen and oxygen atoms in total. The van der Waals surface area contributed by atoms with Crippen LogP contribution in [-0.2, 0) is 6.54 Å². The quantitative estimate of drug-likeness (QED) is 0.768. The lowest BCUT2D eigenvalue weighted by molar-refractivity contribution is 0.0783. The molecule has 0 spiro atoms. The Kier molecular flexibility index (Phi) is 4.95. The highest BCUT2D eigenvalue weighted by molar-refractivity contribution is 9.10. The Hall–Kier alpha value is -0.490. The summed E-state index contributed by atoms with van der Waals surface area (Å²) in [6.07, 6.45) is 0. The smallest absolute Gasteiger partial charge is 0.255 e. The highest BCUT2D eigenvalue weighted by Crippen LogP contribution is 2.24. The molecule has 0 fully saturated rings. The lowest BCUT2D eigenvalue weighted by Crippen LogP contribution is -2.26. The largest absolute Gasteiger partial charge is 0.337 e. The van der Waals surface area contributed by atoms with Gasteiger partial charge in [0, 0.05) is 21.3 Å². The molecular formula is C13H11BrClNOS2. The first kappa shape index (κ1) is 14.9. The average molecular weight is 377 g/mol. The Morgan fingerprint density at radius 1 is 1.42 bits per heavy atom. The van der Waals surface area contributed by atoms with Crippen LogP contribution in [-0.4, -0.2) is 17.9 Å². The van der Waals surface area contributed by atoms with E-state index in [-0.39, 0.29) is 5.91 Å². The van der Waals surface area contributed by atoms with Crippen molar-refractivity contribution in [1.29, 1.82) is 0 Å². The molecule has 0 aliphatic carbocycles. The fraction of sp³-hybridized carbons (Fsp3) is 0.154. The molecule has 1 aromatic heterocycles. The first-order valence-corrected chi connectivity index (χ1v) is 7.89. The van der Waals surface area contributed by atoms with Crippen LogP contribution in [0.4, 0.5) is 0 Å². The first-order chi connectivity index (χ1) is 8.97. The lowest BCUT2D eigenvalue weighted by atomic mass is 10.2. The second kappa shape index (κ2) is 6.31. The summed E-state index contributed by atoms with van der Waals surface area (Å²) >= 11 is 15.0. The Morgan fingerprint density at radius 3 is 2.74 bits per heavy atom. The van der Waals surface area contributed by atoms with E-state index in [9.17, 15) is 4.79 Å². The van der Waals surface area contributed by atoms with Crippen LogP contribution in [0.3, 0.4) is 0 Å². The summed E-state index contributed by atoms with van der Waals surface area (Å²) in [6, 6.07) is 9.19. The Labute approximate surface area is 134 Å². The fourth-order valence-corrected chi connectivity index (χ4v) is 3.62. The minimum atomic E-state index is -0.0537. The number of amides is 1. The van der Waals surface area contributed by atoms with E-state index in [1.165, 1.54) is 11.3 Å². The normalized spacial score (nSPS) is 10.5. The monoisotopic (exact) mass is 375 g/mol. The zero-order chi connectivity index (χ0) is 14.0. The van der Waals surface area contributed by atoms with Crippen LogP contribution >= 0.6 is 51.5 Å². The van der Waals surface area contributed by atoms with Gasteiger partial charge in [-0.15, -0.1) is 24.0 Å². The molecule has 1 heterocycles. The molecule has 0 atom stereocenters. The Morgan fingerprint density at radius 2 is 2.16 bits per heavy atom. The molecular weight excluding hydrogens is 366 g/mol. The number of hydrogen-bond donors (Lipinski definition) is 1. The van der Waals surface area contributed by atoms with E-state index >= 15 is 0 Å². The number of carbonyl (C=O) groups is 1. The molecule has 0 aliphatic heterocycles. The number of thiophene rings is 1. The van der Waals surface area contributed by atoms with Gasteiger partial charge >= 0.3 is 0 Å². The van der Waals surface area contributed by atoms with E-state index < -0.39 is 0 Å². The Bertz CT molecular complexity index is 614. The molecule has 0 saturated carbocycles. The molecule has 0 saturated heterocycles. The van der Waals surface area contributed by atoms with Gasteiger partial charge in [-0.2, -0.15) is 0 Å². The van der Waals surface area contributed by atoms with E-state index in [2.05, 4.69) is 28.6 Å². The third-order valence-electron chi connectivity index (χ3n) is 2.56. The second-order valence-electron chi connectivity index (χ2n) is 4.03. The summed E-state index contributed by atoms with van der Waals surface area (Å²) in [5.41, 5.74) is 0.594. The van der Waals surface area contributed by atoms with Crippen LogP contribution in [0.1, 0.15) is 15.2 Å². The number of carbonyl (C=O) groups excluding carboxylic acids is 1. The third kappa shape index (κ3) is 3.75. The van der Waals surface area contributed by atoms with Crippen LogP contribution in [0.25, 0.3) is 0 Å². The summed E-state index contributed by atoms with van der Waals surface area (Å²) in [5, 5.41) is 0. The SMILES string of the molecule is CN(Cc1ccc(Cl)s1)C(=O)c1ccc(Br)cc1S. The van der Waals surface area contributed by atoms with Gasteiger partial charge in [0.25, 0.3) is 5.91 Å². The highest BCUT2D eigenvalue weighted by Gasteiger charge is 2.15. The maximum absolute atomic E-state index is 12.3. The predicted octanol–water partition coefficient (Wildman–Crippen LogP) is 4.72. The van der Waals surface area contributed by atoms with Gasteiger partial charge in [0.15, 0.2) is 0 Å². The molecule has 0 unspecified atom stereocenters. The van der Waals surface area contributed by atoms with Gasteiger partial charge in [-0.3, -0.25) is 4.79 Å². The molecule has 2 aromatic rings. The molecule has 0 aliphatic rings. The van der Waals surface area contributed by atoms with E-state index in [1.54, 1.807) is 18.0 Å². The van der Waals surface area contributed by atoms with E-state index in [4.69, 9.17) is 11.6 Å². The summed E-state index contributed by atoms with van der Waals surface area (Å²) < 4.78 is 1.64. The first-order valence-electron chi connectivity index (χ1n) is 5.45. The van der Waals surface area contributed by atoms with Gasteiger partial charge in [0.05, 0.1) is 16.4 Å². The summed E-state index contributed by atoms with van der Waals surface area (Å²) in [6.45, 7) is 0.541. The summed E-state index contributed by atoms with van der Waals surface area (Å²) in [4.78, 5) is 15.7. The summed E-state index contributed by atoms with van der Waals surface area (Å²) in [7, 11) is 1.77. The van der Waals surface area contributed by atoms with Crippen molar-refractivity contribution in [2.24, 2.45) is 0 Å². The molecule has 2 rings (SSSR count). The van der Waals surface area contributed by atoms with Crippen molar-refractivity contribution in [3.8, 4) is 0 Å². The van der Waals surface area contributed by atoms with Crippen molar-refractivity contribution in [3.63, 3.8) is 0 Å². The topological polar surface area (TPSA) is 20.3 Å². The zero-order valence-electron chi connectivity index (χ0n) is 10.1. The number of hydrogen-bond acceptors (Lipinski definition) is 3. The minimum Gasteiger partial charge on any atom is -0.337 e. The van der Waals surface area contributed by atoms with Crippen LogP contribution in [0.5, 0.6) is 0 Å². The van der Waals surface area contributed by atoms with E-state index in [0.717, 1.165) is 13.7 Å². The highest BCUT2D eigenvalue weighted by atomic mass is 79.9. The van der Waals surface area contributed by atoms with Crippen molar-refractivity contribution < 1.29 is 4.79 Å². The van der Waals surface area contributed by atoms with Crippen LogP contribution in [0.15, 0.2) is 39.7 Å². The maximum Gasteiger partial charge on any atom is 0.255 e. The van der Waals surface area contributed by atoms with Gasteiger partial charge in [-0.1, -0.05) is 27.5 Å². The van der Waals surface area contributed by atoms with Crippen LogP contribution in [0, 0.1) is 0 Å². The molecule has 0 bridgehead atoms. The van der Waals surface area contributed by atoms with Crippen molar-refractivity contribution in [1.82, 2.24) is 4.90 Å². The van der Waals surface area contributed by atoms with Crippen molar-refractivity contribution >= 4 is 57.4 Å². The van der Waals surface area contributed by atoms with Gasteiger partial charge in [0.2, 0.25) is 0 Å². The molecule has 1 amide bonds. The third-order valence-corrected chi connectivity index (χ3v) is 4.64. The molecule has 1 aromatic carbocycles. The number of thiol groups is 1. The molecule has 0 radical (unpaired) electrons. The van der Waals surface area contributed by atoms with Crippen molar-refractivity contribution in [3.05, 3.63) is 49.6 Å². The summed E-state index contributed by atoms with van der Waals surface area (Å²) in [5.74, 6) is -0.0537. The average Bonchev–Trinajstić information content (AvgIpc) is 2.74. The zero-order valence-corrected chi connectivity index (χ0v) is 14.1. The predicted molar refractivity (Wildman–Crippen MR) is 86.5 cm³/mol.